The van der Waals surface area contributed by atoms with Gasteiger partial charge < -0.3 is 15.4 Å². The smallest absolute Gasteiger partial charge is 0.265 e. The van der Waals surface area contributed by atoms with E-state index >= 15 is 0 Å². The Morgan fingerprint density at radius 1 is 1.10 bits per heavy atom. The number of amides is 2. The number of benzene rings is 2. The third-order valence-corrected chi connectivity index (χ3v) is 5.09. The second-order valence-corrected chi connectivity index (χ2v) is 7.23. The molecule has 1 aliphatic heterocycles. The van der Waals surface area contributed by atoms with E-state index in [-0.39, 0.29) is 11.8 Å². The first-order valence-corrected chi connectivity index (χ1v) is 9.81. The topological polar surface area (TPSA) is 93.2 Å². The molecule has 2 N–H and O–H groups in total. The van der Waals surface area contributed by atoms with Crippen LogP contribution in [-0.4, -0.2) is 27.9 Å². The van der Waals surface area contributed by atoms with Gasteiger partial charge in [0.2, 0.25) is 0 Å². The standard InChI is InChI=1S/C24H18N4O3/c1-14-23(29)28-21-11-16(8-9-22(21)31-14)26-24(30)18-12-20(15-5-4-10-25-13-15)27-19-7-3-2-6-17(18)19/h2-14H,1H3,(H,26,30)(H,28,29)/t14-/m0/s1. The SMILES string of the molecule is C[C@@H]1Oc2ccc(NC(=O)c3cc(-c4cccnc4)nc4ccccc34)cc2NC1=O. The van der Waals surface area contributed by atoms with Gasteiger partial charge in [0, 0.05) is 29.0 Å². The second kappa shape index (κ2) is 7.53. The van der Waals surface area contributed by atoms with Crippen molar-refractivity contribution in [2.24, 2.45) is 0 Å². The van der Waals surface area contributed by atoms with Crippen LogP contribution in [0.25, 0.3) is 22.2 Å². The van der Waals surface area contributed by atoms with Crippen molar-refractivity contribution >= 4 is 34.1 Å². The fourth-order valence-electron chi connectivity index (χ4n) is 3.51. The molecule has 31 heavy (non-hydrogen) atoms. The van der Waals surface area contributed by atoms with Gasteiger partial charge in [-0.05, 0) is 49.4 Å². The van der Waals surface area contributed by atoms with Crippen molar-refractivity contribution in [1.82, 2.24) is 9.97 Å². The Labute approximate surface area is 178 Å². The van der Waals surface area contributed by atoms with Crippen LogP contribution in [0.5, 0.6) is 5.75 Å². The molecule has 5 rings (SSSR count). The number of pyridine rings is 2. The number of hydrogen-bond acceptors (Lipinski definition) is 5. The molecule has 0 unspecified atom stereocenters. The van der Waals surface area contributed by atoms with Gasteiger partial charge >= 0.3 is 0 Å². The maximum atomic E-state index is 13.2. The molecule has 1 aliphatic rings. The number of rotatable bonds is 3. The highest BCUT2D eigenvalue weighted by Crippen LogP contribution is 2.32. The average molecular weight is 410 g/mol. The van der Waals surface area contributed by atoms with E-state index in [1.54, 1.807) is 43.6 Å². The van der Waals surface area contributed by atoms with Crippen LogP contribution in [0.4, 0.5) is 11.4 Å². The van der Waals surface area contributed by atoms with Crippen molar-refractivity contribution in [3.63, 3.8) is 0 Å². The zero-order chi connectivity index (χ0) is 21.4. The number of para-hydroxylation sites is 1. The Balaban J connectivity index is 1.52. The largest absolute Gasteiger partial charge is 0.479 e. The highest BCUT2D eigenvalue weighted by atomic mass is 16.5. The van der Waals surface area contributed by atoms with Crippen LogP contribution in [0.15, 0.2) is 73.1 Å². The van der Waals surface area contributed by atoms with Crippen molar-refractivity contribution in [1.29, 1.82) is 0 Å². The molecular weight excluding hydrogens is 392 g/mol. The van der Waals surface area contributed by atoms with E-state index in [9.17, 15) is 9.59 Å². The van der Waals surface area contributed by atoms with Gasteiger partial charge in [-0.1, -0.05) is 18.2 Å². The normalized spacial score (nSPS) is 15.0. The number of carbonyl (C=O) groups excluding carboxylic acids is 2. The zero-order valence-electron chi connectivity index (χ0n) is 16.6. The van der Waals surface area contributed by atoms with E-state index in [0.717, 1.165) is 10.9 Å². The second-order valence-electron chi connectivity index (χ2n) is 7.23. The number of nitrogens with one attached hydrogen (secondary N) is 2. The first kappa shape index (κ1) is 18.7. The number of nitrogens with zero attached hydrogens (tertiary/aromatic N) is 2. The van der Waals surface area contributed by atoms with Gasteiger partial charge in [-0.25, -0.2) is 4.98 Å². The molecular formula is C24H18N4O3. The number of hydrogen-bond donors (Lipinski definition) is 2. The Hall–Kier alpha value is -4.26. The number of carbonyl (C=O) groups is 2. The Morgan fingerprint density at radius 3 is 2.81 bits per heavy atom. The van der Waals surface area contributed by atoms with E-state index in [4.69, 9.17) is 4.74 Å². The summed E-state index contributed by atoms with van der Waals surface area (Å²) in [6.45, 7) is 1.68. The Kier molecular flexibility index (Phi) is 4.55. The number of ether oxygens (including phenoxy) is 1. The van der Waals surface area contributed by atoms with Crippen LogP contribution >= 0.6 is 0 Å². The average Bonchev–Trinajstić information content (AvgIpc) is 2.80. The van der Waals surface area contributed by atoms with Crippen LogP contribution in [-0.2, 0) is 4.79 Å². The van der Waals surface area contributed by atoms with Crippen LogP contribution in [0, 0.1) is 0 Å². The van der Waals surface area contributed by atoms with E-state index in [1.165, 1.54) is 0 Å². The molecule has 2 amide bonds. The van der Waals surface area contributed by atoms with Gasteiger partial charge in [-0.3, -0.25) is 14.6 Å². The van der Waals surface area contributed by atoms with Gasteiger partial charge in [0.1, 0.15) is 5.75 Å². The lowest BCUT2D eigenvalue weighted by atomic mass is 10.0. The van der Waals surface area contributed by atoms with Crippen molar-refractivity contribution < 1.29 is 14.3 Å². The minimum atomic E-state index is -0.554. The first-order chi connectivity index (χ1) is 15.1. The molecule has 0 bridgehead atoms. The maximum absolute atomic E-state index is 13.2. The molecule has 3 heterocycles. The fourth-order valence-corrected chi connectivity index (χ4v) is 3.51. The van der Waals surface area contributed by atoms with Gasteiger partial charge in [0.25, 0.3) is 11.8 Å². The fraction of sp³-hybridized carbons (Fsp3) is 0.0833. The molecule has 4 aromatic rings. The van der Waals surface area contributed by atoms with Crippen molar-refractivity contribution in [2.75, 3.05) is 10.6 Å². The summed E-state index contributed by atoms with van der Waals surface area (Å²) < 4.78 is 5.57. The number of anilines is 2. The lowest BCUT2D eigenvalue weighted by molar-refractivity contribution is -0.122. The first-order valence-electron chi connectivity index (χ1n) is 9.81. The van der Waals surface area contributed by atoms with Gasteiger partial charge in [0.15, 0.2) is 6.10 Å². The highest BCUT2D eigenvalue weighted by Gasteiger charge is 2.24. The van der Waals surface area contributed by atoms with Gasteiger partial charge in [-0.15, -0.1) is 0 Å². The van der Waals surface area contributed by atoms with Crippen LogP contribution in [0.2, 0.25) is 0 Å². The predicted molar refractivity (Wildman–Crippen MR) is 118 cm³/mol. The maximum Gasteiger partial charge on any atom is 0.265 e. The summed E-state index contributed by atoms with van der Waals surface area (Å²) in [5.74, 6) is 0.0654. The minimum absolute atomic E-state index is 0.225. The molecule has 0 spiro atoms. The zero-order valence-corrected chi connectivity index (χ0v) is 16.6. The Morgan fingerprint density at radius 2 is 1.97 bits per heavy atom. The van der Waals surface area contributed by atoms with E-state index in [0.29, 0.717) is 33.9 Å². The molecule has 0 saturated carbocycles. The summed E-state index contributed by atoms with van der Waals surface area (Å²) in [6, 6.07) is 18.1. The number of fused-ring (bicyclic) bond motifs is 2. The van der Waals surface area contributed by atoms with E-state index in [2.05, 4.69) is 20.6 Å². The molecule has 7 heteroatoms. The summed E-state index contributed by atoms with van der Waals surface area (Å²) in [5, 5.41) is 6.45. The van der Waals surface area contributed by atoms with Crippen molar-refractivity contribution in [3.05, 3.63) is 78.6 Å². The quantitative estimate of drug-likeness (QED) is 0.526. The molecule has 7 nitrogen and oxygen atoms in total. The van der Waals surface area contributed by atoms with E-state index in [1.807, 2.05) is 36.4 Å². The lowest BCUT2D eigenvalue weighted by Gasteiger charge is -2.23. The van der Waals surface area contributed by atoms with Gasteiger partial charge in [-0.2, -0.15) is 0 Å². The van der Waals surface area contributed by atoms with Crippen molar-refractivity contribution in [2.45, 2.75) is 13.0 Å². The van der Waals surface area contributed by atoms with Gasteiger partial charge in [0.05, 0.1) is 22.5 Å². The molecule has 2 aromatic heterocycles. The minimum Gasteiger partial charge on any atom is -0.479 e. The van der Waals surface area contributed by atoms with Crippen molar-refractivity contribution in [3.8, 4) is 17.0 Å². The molecule has 0 fully saturated rings. The monoisotopic (exact) mass is 410 g/mol. The van der Waals surface area contributed by atoms with E-state index < -0.39 is 6.10 Å². The summed E-state index contributed by atoms with van der Waals surface area (Å²) in [5.41, 5.74) is 3.77. The summed E-state index contributed by atoms with van der Waals surface area (Å²) in [6.07, 6.45) is 2.85. The Bertz CT molecular complexity index is 1320. The molecule has 1 atom stereocenters. The van der Waals surface area contributed by atoms with Crippen LogP contribution < -0.4 is 15.4 Å². The molecule has 0 radical (unpaired) electrons. The number of aromatic nitrogens is 2. The van der Waals surface area contributed by atoms with Crippen LogP contribution in [0.3, 0.4) is 0 Å². The molecule has 0 aliphatic carbocycles. The van der Waals surface area contributed by atoms with Crippen LogP contribution in [0.1, 0.15) is 17.3 Å². The molecule has 2 aromatic carbocycles. The molecule has 0 saturated heterocycles. The summed E-state index contributed by atoms with van der Waals surface area (Å²) in [7, 11) is 0. The third-order valence-electron chi connectivity index (χ3n) is 5.09. The summed E-state index contributed by atoms with van der Waals surface area (Å²) >= 11 is 0. The highest BCUT2D eigenvalue weighted by molar-refractivity contribution is 6.13. The summed E-state index contributed by atoms with van der Waals surface area (Å²) in [4.78, 5) is 34.0. The molecule has 152 valence electrons. The predicted octanol–water partition coefficient (Wildman–Crippen LogP) is 4.27. The third kappa shape index (κ3) is 3.57. The lowest BCUT2D eigenvalue weighted by Crippen LogP contribution is -2.34.